The molecule has 0 aliphatic rings. The van der Waals surface area contributed by atoms with E-state index in [-0.39, 0.29) is 0 Å². The predicted octanol–water partition coefficient (Wildman–Crippen LogP) is 3.75. The Morgan fingerprint density at radius 3 is 2.67 bits per heavy atom. The highest BCUT2D eigenvalue weighted by Gasteiger charge is 2.07. The average molecular weight is 333 g/mol. The summed E-state index contributed by atoms with van der Waals surface area (Å²) in [7, 11) is 0. The Morgan fingerprint density at radius 2 is 2.07 bits per heavy atom. The number of benzene rings is 1. The summed E-state index contributed by atoms with van der Waals surface area (Å²) in [5, 5.41) is 5.06. The minimum atomic E-state index is 0.701. The number of halogens is 2. The van der Waals surface area contributed by atoms with Crippen LogP contribution < -0.4 is 0 Å². The molecule has 2 rings (SSSR count). The smallest absolute Gasteiger partial charge is 0.0819 e. The van der Waals surface area contributed by atoms with Crippen LogP contribution in [0.25, 0.3) is 5.69 Å². The first kappa shape index (κ1) is 11.0. The van der Waals surface area contributed by atoms with Crippen molar-refractivity contribution in [3.05, 3.63) is 44.2 Å². The molecule has 0 unspecified atom stereocenters. The van der Waals surface area contributed by atoms with Gasteiger partial charge in [0.2, 0.25) is 0 Å². The molecule has 0 amide bonds. The van der Waals surface area contributed by atoms with Crippen LogP contribution in [0.3, 0.4) is 0 Å². The first-order valence-electron chi connectivity index (χ1n) is 4.57. The van der Waals surface area contributed by atoms with Crippen molar-refractivity contribution in [2.75, 3.05) is 0 Å². The Hall–Kier alpha value is -0.550. The molecule has 1 heterocycles. The van der Waals surface area contributed by atoms with Crippen molar-refractivity contribution in [3.8, 4) is 5.69 Å². The van der Waals surface area contributed by atoms with E-state index in [1.165, 1.54) is 9.13 Å². The standard InChI is InChI=1S/C11H10ClIN2/c1-7-4-3-5-10(11(7)13)15-6-9(12)8(2)14-15/h3-6H,1-2H3. The predicted molar refractivity (Wildman–Crippen MR) is 70.8 cm³/mol. The molecule has 2 aromatic rings. The van der Waals surface area contributed by atoms with Gasteiger partial charge in [-0.05, 0) is 48.1 Å². The minimum absolute atomic E-state index is 0.701. The maximum Gasteiger partial charge on any atom is 0.0819 e. The van der Waals surface area contributed by atoms with Gasteiger partial charge in [0.05, 0.1) is 16.4 Å². The van der Waals surface area contributed by atoms with Gasteiger partial charge in [0.25, 0.3) is 0 Å². The third kappa shape index (κ3) is 2.03. The van der Waals surface area contributed by atoms with Crippen LogP contribution >= 0.6 is 34.2 Å². The molecular formula is C11H10ClIN2. The monoisotopic (exact) mass is 332 g/mol. The molecule has 0 saturated carbocycles. The van der Waals surface area contributed by atoms with Crippen molar-refractivity contribution in [1.82, 2.24) is 9.78 Å². The lowest BCUT2D eigenvalue weighted by atomic mass is 10.2. The Balaban J connectivity index is 2.59. The lowest BCUT2D eigenvalue weighted by Gasteiger charge is -2.06. The zero-order chi connectivity index (χ0) is 11.0. The maximum atomic E-state index is 5.99. The third-order valence-corrected chi connectivity index (χ3v) is 4.03. The number of aryl methyl sites for hydroxylation is 2. The van der Waals surface area contributed by atoms with Gasteiger partial charge < -0.3 is 0 Å². The van der Waals surface area contributed by atoms with Crippen molar-refractivity contribution in [2.45, 2.75) is 13.8 Å². The molecule has 0 saturated heterocycles. The van der Waals surface area contributed by atoms with Gasteiger partial charge in [0.1, 0.15) is 0 Å². The van der Waals surface area contributed by atoms with Gasteiger partial charge >= 0.3 is 0 Å². The van der Waals surface area contributed by atoms with E-state index >= 15 is 0 Å². The molecule has 0 aliphatic heterocycles. The number of hydrogen-bond donors (Lipinski definition) is 0. The number of aromatic nitrogens is 2. The highest BCUT2D eigenvalue weighted by molar-refractivity contribution is 14.1. The van der Waals surface area contributed by atoms with Crippen LogP contribution in [-0.4, -0.2) is 9.78 Å². The summed E-state index contributed by atoms with van der Waals surface area (Å²) < 4.78 is 3.03. The maximum absolute atomic E-state index is 5.99. The molecule has 2 nitrogen and oxygen atoms in total. The average Bonchev–Trinajstić information content (AvgIpc) is 2.51. The fourth-order valence-corrected chi connectivity index (χ4v) is 2.11. The van der Waals surface area contributed by atoms with Crippen LogP contribution in [-0.2, 0) is 0 Å². The number of rotatable bonds is 1. The second-order valence-electron chi connectivity index (χ2n) is 3.42. The van der Waals surface area contributed by atoms with Crippen molar-refractivity contribution in [3.63, 3.8) is 0 Å². The van der Waals surface area contributed by atoms with E-state index in [1.54, 1.807) is 0 Å². The van der Waals surface area contributed by atoms with Gasteiger partial charge in [-0.3, -0.25) is 0 Å². The summed E-state index contributed by atoms with van der Waals surface area (Å²) in [5.41, 5.74) is 3.18. The molecule has 1 aromatic carbocycles. The molecule has 0 radical (unpaired) electrons. The zero-order valence-electron chi connectivity index (χ0n) is 8.46. The molecule has 0 aliphatic carbocycles. The molecule has 15 heavy (non-hydrogen) atoms. The highest BCUT2D eigenvalue weighted by atomic mass is 127. The van der Waals surface area contributed by atoms with Gasteiger partial charge in [-0.2, -0.15) is 5.10 Å². The second kappa shape index (κ2) is 4.14. The second-order valence-corrected chi connectivity index (χ2v) is 4.90. The Bertz CT molecular complexity index is 486. The van der Waals surface area contributed by atoms with Gasteiger partial charge in [-0.15, -0.1) is 0 Å². The van der Waals surface area contributed by atoms with Crippen molar-refractivity contribution in [2.24, 2.45) is 0 Å². The van der Waals surface area contributed by atoms with Gasteiger partial charge in [0, 0.05) is 9.77 Å². The van der Waals surface area contributed by atoms with Crippen LogP contribution in [0, 0.1) is 17.4 Å². The molecule has 0 atom stereocenters. The molecule has 0 fully saturated rings. The van der Waals surface area contributed by atoms with Crippen molar-refractivity contribution >= 4 is 34.2 Å². The highest BCUT2D eigenvalue weighted by Crippen LogP contribution is 2.22. The Labute approximate surface area is 107 Å². The van der Waals surface area contributed by atoms with E-state index in [1.807, 2.05) is 29.9 Å². The lowest BCUT2D eigenvalue weighted by molar-refractivity contribution is 0.856. The van der Waals surface area contributed by atoms with Crippen LogP contribution in [0.4, 0.5) is 0 Å². The fourth-order valence-electron chi connectivity index (χ4n) is 1.37. The summed E-state index contributed by atoms with van der Waals surface area (Å²) in [4.78, 5) is 0. The van der Waals surface area contributed by atoms with Crippen LogP contribution in [0.5, 0.6) is 0 Å². The molecule has 0 N–H and O–H groups in total. The normalized spacial score (nSPS) is 10.7. The van der Waals surface area contributed by atoms with Crippen LogP contribution in [0.2, 0.25) is 5.02 Å². The number of hydrogen-bond acceptors (Lipinski definition) is 1. The van der Waals surface area contributed by atoms with E-state index in [0.717, 1.165) is 11.4 Å². The molecule has 78 valence electrons. The Kier molecular flexibility index (Phi) is 3.02. The summed E-state index contributed by atoms with van der Waals surface area (Å²) in [6.07, 6.45) is 1.84. The van der Waals surface area contributed by atoms with Crippen molar-refractivity contribution < 1.29 is 0 Å². The minimum Gasteiger partial charge on any atom is -0.238 e. The summed E-state index contributed by atoms with van der Waals surface area (Å²) in [5.74, 6) is 0. The van der Waals surface area contributed by atoms with Gasteiger partial charge in [-0.25, -0.2) is 4.68 Å². The molecule has 0 bridgehead atoms. The van der Waals surface area contributed by atoms with E-state index in [0.29, 0.717) is 5.02 Å². The SMILES string of the molecule is Cc1cccc(-n2cc(Cl)c(C)n2)c1I. The molecule has 0 spiro atoms. The first-order chi connectivity index (χ1) is 7.09. The summed E-state index contributed by atoms with van der Waals surface area (Å²) in [6.45, 7) is 3.99. The Morgan fingerprint density at radius 1 is 1.33 bits per heavy atom. The lowest BCUT2D eigenvalue weighted by Crippen LogP contribution is -1.99. The van der Waals surface area contributed by atoms with Crippen molar-refractivity contribution in [1.29, 1.82) is 0 Å². The van der Waals surface area contributed by atoms with E-state index < -0.39 is 0 Å². The molecular weight excluding hydrogens is 322 g/mol. The largest absolute Gasteiger partial charge is 0.238 e. The van der Waals surface area contributed by atoms with Crippen LogP contribution in [0.1, 0.15) is 11.3 Å². The van der Waals surface area contributed by atoms with Gasteiger partial charge in [0.15, 0.2) is 0 Å². The van der Waals surface area contributed by atoms with E-state index in [4.69, 9.17) is 11.6 Å². The zero-order valence-corrected chi connectivity index (χ0v) is 11.4. The van der Waals surface area contributed by atoms with Gasteiger partial charge in [-0.1, -0.05) is 23.7 Å². The van der Waals surface area contributed by atoms with E-state index in [9.17, 15) is 0 Å². The van der Waals surface area contributed by atoms with Crippen LogP contribution in [0.15, 0.2) is 24.4 Å². The number of nitrogens with zero attached hydrogens (tertiary/aromatic N) is 2. The fraction of sp³-hybridized carbons (Fsp3) is 0.182. The first-order valence-corrected chi connectivity index (χ1v) is 6.02. The summed E-state index contributed by atoms with van der Waals surface area (Å²) >= 11 is 8.31. The third-order valence-electron chi connectivity index (χ3n) is 2.26. The van der Waals surface area contributed by atoms with E-state index in [2.05, 4.69) is 40.7 Å². The summed E-state index contributed by atoms with van der Waals surface area (Å²) in [6, 6.07) is 6.15. The topological polar surface area (TPSA) is 17.8 Å². The molecule has 4 heteroatoms. The quantitative estimate of drug-likeness (QED) is 0.727. The molecule has 1 aromatic heterocycles.